The number of anilines is 3. The Hall–Kier alpha value is -1.81. The summed E-state index contributed by atoms with van der Waals surface area (Å²) in [6.45, 7) is 1.77. The quantitative estimate of drug-likeness (QED) is 0.785. The maximum absolute atomic E-state index is 5.87. The molecule has 2 rings (SSSR count). The molecule has 0 aliphatic carbocycles. The molecule has 5 heteroatoms. The molecule has 0 aliphatic rings. The second kappa shape index (κ2) is 4.37. The van der Waals surface area contributed by atoms with Crippen LogP contribution in [0, 0.1) is 6.92 Å². The topological polar surface area (TPSA) is 63.8 Å². The van der Waals surface area contributed by atoms with Crippen LogP contribution in [0.4, 0.5) is 17.2 Å². The molecule has 3 N–H and O–H groups in total. The largest absolute Gasteiger partial charge is 0.393 e. The molecule has 0 radical (unpaired) electrons. The van der Waals surface area contributed by atoms with Crippen LogP contribution in [-0.2, 0) is 0 Å². The molecule has 1 aromatic heterocycles. The number of rotatable bonds is 2. The van der Waals surface area contributed by atoms with E-state index >= 15 is 0 Å². The van der Waals surface area contributed by atoms with Crippen LogP contribution in [0.15, 0.2) is 30.3 Å². The number of nitrogens with one attached hydrogen (secondary N) is 1. The highest BCUT2D eigenvalue weighted by Crippen LogP contribution is 2.26. The van der Waals surface area contributed by atoms with E-state index in [0.29, 0.717) is 17.3 Å². The Morgan fingerprint density at radius 2 is 1.88 bits per heavy atom. The Kier molecular flexibility index (Phi) is 2.92. The van der Waals surface area contributed by atoms with Gasteiger partial charge in [0.2, 0.25) is 0 Å². The summed E-state index contributed by atoms with van der Waals surface area (Å²) >= 11 is 5.87. The van der Waals surface area contributed by atoms with E-state index in [1.54, 1.807) is 6.92 Å². The lowest BCUT2D eigenvalue weighted by Gasteiger charge is -2.09. The lowest BCUT2D eigenvalue weighted by molar-refractivity contribution is 1.06. The first kappa shape index (κ1) is 10.7. The van der Waals surface area contributed by atoms with Gasteiger partial charge in [-0.25, -0.2) is 9.97 Å². The minimum atomic E-state index is 0.269. The number of halogens is 1. The average Bonchev–Trinajstić information content (AvgIpc) is 2.27. The van der Waals surface area contributed by atoms with Gasteiger partial charge in [0, 0.05) is 5.69 Å². The number of aryl methyl sites for hydroxylation is 1. The molecule has 16 heavy (non-hydrogen) atoms. The summed E-state index contributed by atoms with van der Waals surface area (Å²) in [5, 5.41) is 3.36. The van der Waals surface area contributed by atoms with E-state index in [2.05, 4.69) is 15.3 Å². The average molecular weight is 235 g/mol. The molecule has 0 fully saturated rings. The molecule has 0 aliphatic heterocycles. The summed E-state index contributed by atoms with van der Waals surface area (Å²) in [4.78, 5) is 8.16. The number of nitrogen functional groups attached to an aromatic ring is 1. The van der Waals surface area contributed by atoms with Crippen molar-refractivity contribution in [3.05, 3.63) is 41.3 Å². The van der Waals surface area contributed by atoms with Crippen LogP contribution in [0.5, 0.6) is 0 Å². The monoisotopic (exact) mass is 234 g/mol. The van der Waals surface area contributed by atoms with Gasteiger partial charge in [0.25, 0.3) is 0 Å². The van der Waals surface area contributed by atoms with Crippen LogP contribution in [0.1, 0.15) is 5.82 Å². The van der Waals surface area contributed by atoms with Crippen molar-refractivity contribution in [2.75, 3.05) is 11.1 Å². The normalized spacial score (nSPS) is 10.1. The standard InChI is InChI=1S/C11H11ClN4/c1-7-14-10(12)9(13)11(15-7)16-8-5-3-2-4-6-8/h2-6H,13H2,1H3,(H,14,15,16). The summed E-state index contributed by atoms with van der Waals surface area (Å²) in [7, 11) is 0. The zero-order valence-corrected chi connectivity index (χ0v) is 9.49. The molecule has 0 amide bonds. The van der Waals surface area contributed by atoms with E-state index in [-0.39, 0.29) is 5.15 Å². The Morgan fingerprint density at radius 1 is 1.19 bits per heavy atom. The second-order valence-corrected chi connectivity index (χ2v) is 3.67. The summed E-state index contributed by atoms with van der Waals surface area (Å²) in [6.07, 6.45) is 0. The summed E-state index contributed by atoms with van der Waals surface area (Å²) in [6, 6.07) is 9.63. The van der Waals surface area contributed by atoms with Gasteiger partial charge in [-0.15, -0.1) is 0 Å². The first-order valence-electron chi connectivity index (χ1n) is 4.78. The van der Waals surface area contributed by atoms with Gasteiger partial charge in [0.15, 0.2) is 11.0 Å². The minimum Gasteiger partial charge on any atom is -0.393 e. The molecule has 0 saturated heterocycles. The number of hydrogen-bond donors (Lipinski definition) is 2. The van der Waals surface area contributed by atoms with Gasteiger partial charge in [0.1, 0.15) is 11.5 Å². The Balaban J connectivity index is 2.35. The van der Waals surface area contributed by atoms with Crippen LogP contribution in [0.25, 0.3) is 0 Å². The lowest BCUT2D eigenvalue weighted by Crippen LogP contribution is -2.03. The molecule has 82 valence electrons. The summed E-state index contributed by atoms with van der Waals surface area (Å²) in [5.41, 5.74) is 7.04. The third kappa shape index (κ3) is 2.23. The first-order valence-corrected chi connectivity index (χ1v) is 5.16. The van der Waals surface area contributed by atoms with E-state index in [9.17, 15) is 0 Å². The van der Waals surface area contributed by atoms with Gasteiger partial charge in [-0.1, -0.05) is 29.8 Å². The highest BCUT2D eigenvalue weighted by molar-refractivity contribution is 6.32. The molecule has 0 bridgehead atoms. The number of nitrogens with two attached hydrogens (primary N) is 1. The Morgan fingerprint density at radius 3 is 2.56 bits per heavy atom. The zero-order valence-electron chi connectivity index (χ0n) is 8.74. The van der Waals surface area contributed by atoms with Gasteiger partial charge in [-0.3, -0.25) is 0 Å². The molecule has 0 saturated carbocycles. The maximum atomic E-state index is 5.87. The van der Waals surface area contributed by atoms with E-state index in [0.717, 1.165) is 5.69 Å². The fraction of sp³-hybridized carbons (Fsp3) is 0.0909. The van der Waals surface area contributed by atoms with Crippen molar-refractivity contribution in [3.63, 3.8) is 0 Å². The number of para-hydroxylation sites is 1. The van der Waals surface area contributed by atoms with Crippen LogP contribution >= 0.6 is 11.6 Å². The predicted molar refractivity (Wildman–Crippen MR) is 65.9 cm³/mol. The van der Waals surface area contributed by atoms with Gasteiger partial charge < -0.3 is 11.1 Å². The maximum Gasteiger partial charge on any atom is 0.158 e. The van der Waals surface area contributed by atoms with Crippen molar-refractivity contribution in [2.45, 2.75) is 6.92 Å². The van der Waals surface area contributed by atoms with Crippen LogP contribution < -0.4 is 11.1 Å². The molecule has 0 atom stereocenters. The fourth-order valence-corrected chi connectivity index (χ4v) is 1.51. The first-order chi connectivity index (χ1) is 7.66. The molecule has 1 heterocycles. The van der Waals surface area contributed by atoms with Gasteiger partial charge >= 0.3 is 0 Å². The van der Waals surface area contributed by atoms with Gasteiger partial charge in [0.05, 0.1) is 0 Å². The SMILES string of the molecule is Cc1nc(Cl)c(N)c(Nc2ccccc2)n1. The molecular formula is C11H11ClN4. The highest BCUT2D eigenvalue weighted by atomic mass is 35.5. The Labute approximate surface area is 98.5 Å². The van der Waals surface area contributed by atoms with Crippen molar-refractivity contribution in [3.8, 4) is 0 Å². The fourth-order valence-electron chi connectivity index (χ4n) is 1.30. The van der Waals surface area contributed by atoms with E-state index in [1.807, 2.05) is 30.3 Å². The summed E-state index contributed by atoms with van der Waals surface area (Å²) in [5.74, 6) is 1.11. The summed E-state index contributed by atoms with van der Waals surface area (Å²) < 4.78 is 0. The van der Waals surface area contributed by atoms with Crippen molar-refractivity contribution < 1.29 is 0 Å². The second-order valence-electron chi connectivity index (χ2n) is 3.31. The smallest absolute Gasteiger partial charge is 0.158 e. The lowest BCUT2D eigenvalue weighted by atomic mass is 10.3. The van der Waals surface area contributed by atoms with E-state index in [1.165, 1.54) is 0 Å². The Bertz CT molecular complexity index is 499. The van der Waals surface area contributed by atoms with Crippen molar-refractivity contribution in [1.82, 2.24) is 9.97 Å². The third-order valence-corrected chi connectivity index (χ3v) is 2.34. The van der Waals surface area contributed by atoms with Crippen LogP contribution in [0.3, 0.4) is 0 Å². The van der Waals surface area contributed by atoms with E-state index < -0.39 is 0 Å². The predicted octanol–water partition coefficient (Wildman–Crippen LogP) is 2.76. The molecular weight excluding hydrogens is 224 g/mol. The highest BCUT2D eigenvalue weighted by Gasteiger charge is 2.07. The number of nitrogens with zero attached hydrogens (tertiary/aromatic N) is 2. The molecule has 2 aromatic rings. The van der Waals surface area contributed by atoms with Gasteiger partial charge in [-0.2, -0.15) is 0 Å². The molecule has 1 aromatic carbocycles. The number of benzene rings is 1. The number of aromatic nitrogens is 2. The van der Waals surface area contributed by atoms with Gasteiger partial charge in [-0.05, 0) is 19.1 Å². The van der Waals surface area contributed by atoms with E-state index in [4.69, 9.17) is 17.3 Å². The van der Waals surface area contributed by atoms with Crippen molar-refractivity contribution >= 4 is 28.8 Å². The van der Waals surface area contributed by atoms with Crippen LogP contribution in [-0.4, -0.2) is 9.97 Å². The van der Waals surface area contributed by atoms with Crippen molar-refractivity contribution in [2.24, 2.45) is 0 Å². The molecule has 0 spiro atoms. The molecule has 0 unspecified atom stereocenters. The minimum absolute atomic E-state index is 0.269. The molecule has 4 nitrogen and oxygen atoms in total. The van der Waals surface area contributed by atoms with Crippen LogP contribution in [0.2, 0.25) is 5.15 Å². The van der Waals surface area contributed by atoms with Crippen molar-refractivity contribution in [1.29, 1.82) is 0 Å². The zero-order chi connectivity index (χ0) is 11.5. The third-order valence-electron chi connectivity index (χ3n) is 2.05. The number of hydrogen-bond acceptors (Lipinski definition) is 4.